The first kappa shape index (κ1) is 11.6. The third-order valence-corrected chi connectivity index (χ3v) is 2.96. The number of ether oxygens (including phenoxy) is 2. The second-order valence-electron chi connectivity index (χ2n) is 3.90. The van der Waals surface area contributed by atoms with E-state index in [2.05, 4.69) is 4.99 Å². The number of benzene rings is 1. The van der Waals surface area contributed by atoms with E-state index in [0.29, 0.717) is 11.3 Å². The van der Waals surface area contributed by atoms with Crippen molar-refractivity contribution >= 4 is 6.08 Å². The molecule has 2 rings (SSSR count). The lowest BCUT2D eigenvalue weighted by molar-refractivity contribution is 0.332. The molecule has 1 aromatic rings. The number of hydrogen-bond acceptors (Lipinski definition) is 4. The van der Waals surface area contributed by atoms with Gasteiger partial charge < -0.3 is 9.47 Å². The fourth-order valence-electron chi connectivity index (χ4n) is 1.95. The van der Waals surface area contributed by atoms with Crippen LogP contribution in [-0.2, 0) is 10.3 Å². The van der Waals surface area contributed by atoms with Crippen molar-refractivity contribution in [3.63, 3.8) is 0 Å². The molecule has 0 bridgehead atoms. The van der Waals surface area contributed by atoms with Crippen molar-refractivity contribution < 1.29 is 18.7 Å². The minimum absolute atomic E-state index is 0.0392. The predicted octanol–water partition coefficient (Wildman–Crippen LogP) is 2.17. The molecule has 0 atom stereocenters. The summed E-state index contributed by atoms with van der Waals surface area (Å²) in [6, 6.07) is 2.86. The van der Waals surface area contributed by atoms with Gasteiger partial charge in [0.2, 0.25) is 6.08 Å². The van der Waals surface area contributed by atoms with Gasteiger partial charge in [0.1, 0.15) is 5.54 Å². The molecular weight excluding hydrogens is 225 g/mol. The zero-order valence-corrected chi connectivity index (χ0v) is 9.62. The van der Waals surface area contributed by atoms with E-state index in [9.17, 15) is 9.18 Å². The molecule has 0 N–H and O–H groups in total. The molecule has 0 heterocycles. The number of hydrogen-bond donors (Lipinski definition) is 0. The number of isocyanates is 1. The Balaban J connectivity index is 2.59. The van der Waals surface area contributed by atoms with Gasteiger partial charge in [-0.2, -0.15) is 4.99 Å². The number of aliphatic imine (C=N–C) groups is 1. The summed E-state index contributed by atoms with van der Waals surface area (Å²) in [5.74, 6) is -0.166. The van der Waals surface area contributed by atoms with Crippen molar-refractivity contribution in [2.24, 2.45) is 4.99 Å². The molecule has 90 valence electrons. The Morgan fingerprint density at radius 3 is 2.41 bits per heavy atom. The number of carbonyl (C=O) groups excluding carboxylic acids is 1. The zero-order chi connectivity index (χ0) is 12.5. The lowest BCUT2D eigenvalue weighted by Crippen LogP contribution is -2.07. The summed E-state index contributed by atoms with van der Waals surface area (Å²) in [4.78, 5) is 14.2. The molecule has 1 aliphatic rings. The van der Waals surface area contributed by atoms with Crippen LogP contribution in [0.3, 0.4) is 0 Å². The average Bonchev–Trinajstić information content (AvgIpc) is 3.09. The van der Waals surface area contributed by atoms with Crippen molar-refractivity contribution in [2.75, 3.05) is 14.2 Å². The Morgan fingerprint density at radius 1 is 1.29 bits per heavy atom. The van der Waals surface area contributed by atoms with E-state index in [1.165, 1.54) is 20.3 Å². The van der Waals surface area contributed by atoms with Crippen LogP contribution in [0, 0.1) is 5.82 Å². The highest BCUT2D eigenvalue weighted by atomic mass is 19.1. The largest absolute Gasteiger partial charge is 0.492 e. The molecule has 0 radical (unpaired) electrons. The molecular formula is C12H12FNO3. The SMILES string of the molecule is COc1c(F)ccc(C2(N=C=O)CC2)c1OC. The fraction of sp³-hybridized carbons (Fsp3) is 0.417. The molecule has 0 unspecified atom stereocenters. The lowest BCUT2D eigenvalue weighted by atomic mass is 10.0. The van der Waals surface area contributed by atoms with Gasteiger partial charge in [-0.05, 0) is 25.0 Å². The molecule has 0 saturated heterocycles. The van der Waals surface area contributed by atoms with Crippen molar-refractivity contribution in [1.82, 2.24) is 0 Å². The molecule has 5 heteroatoms. The molecule has 0 aliphatic heterocycles. The van der Waals surface area contributed by atoms with Crippen LogP contribution in [0.4, 0.5) is 4.39 Å². The van der Waals surface area contributed by atoms with Gasteiger partial charge in [-0.25, -0.2) is 9.18 Å². The van der Waals surface area contributed by atoms with Gasteiger partial charge in [-0.1, -0.05) is 0 Å². The summed E-state index contributed by atoms with van der Waals surface area (Å²) in [6.45, 7) is 0. The highest BCUT2D eigenvalue weighted by Crippen LogP contribution is 2.54. The number of nitrogens with zero attached hydrogens (tertiary/aromatic N) is 1. The maximum absolute atomic E-state index is 13.5. The van der Waals surface area contributed by atoms with Crippen molar-refractivity contribution in [3.8, 4) is 11.5 Å². The standard InChI is InChI=1S/C12H12FNO3/c1-16-10-8(12(5-6-12)14-7-15)3-4-9(13)11(10)17-2/h3-4H,5-6H2,1-2H3. The van der Waals surface area contributed by atoms with Crippen LogP contribution in [0.25, 0.3) is 0 Å². The molecule has 0 aromatic heterocycles. The van der Waals surface area contributed by atoms with Gasteiger partial charge in [0.05, 0.1) is 14.2 Å². The molecule has 4 nitrogen and oxygen atoms in total. The van der Waals surface area contributed by atoms with Crippen molar-refractivity contribution in [2.45, 2.75) is 18.4 Å². The smallest absolute Gasteiger partial charge is 0.235 e. The second-order valence-corrected chi connectivity index (χ2v) is 3.90. The molecule has 17 heavy (non-hydrogen) atoms. The second kappa shape index (κ2) is 4.18. The van der Waals surface area contributed by atoms with E-state index in [1.54, 1.807) is 12.1 Å². The fourth-order valence-corrected chi connectivity index (χ4v) is 1.95. The predicted molar refractivity (Wildman–Crippen MR) is 58.5 cm³/mol. The Kier molecular flexibility index (Phi) is 2.86. The molecule has 0 spiro atoms. The Labute approximate surface area is 98.1 Å². The van der Waals surface area contributed by atoms with Crippen LogP contribution < -0.4 is 9.47 Å². The number of rotatable bonds is 4. The van der Waals surface area contributed by atoms with Crippen LogP contribution in [-0.4, -0.2) is 20.3 Å². The van der Waals surface area contributed by atoms with E-state index in [-0.39, 0.29) is 5.75 Å². The van der Waals surface area contributed by atoms with Crippen LogP contribution >= 0.6 is 0 Å². The highest BCUT2D eigenvalue weighted by Gasteiger charge is 2.47. The normalized spacial score (nSPS) is 15.9. The quantitative estimate of drug-likeness (QED) is 0.595. The maximum atomic E-state index is 13.5. The van der Waals surface area contributed by atoms with Crippen LogP contribution in [0.2, 0.25) is 0 Å². The highest BCUT2D eigenvalue weighted by molar-refractivity contribution is 5.54. The van der Waals surface area contributed by atoms with Gasteiger partial charge in [-0.15, -0.1) is 0 Å². The first-order valence-electron chi connectivity index (χ1n) is 5.18. The molecule has 1 fully saturated rings. The maximum Gasteiger partial charge on any atom is 0.235 e. The minimum atomic E-state index is -0.603. The number of halogens is 1. The molecule has 1 saturated carbocycles. The number of methoxy groups -OCH3 is 2. The van der Waals surface area contributed by atoms with Crippen LogP contribution in [0.1, 0.15) is 18.4 Å². The van der Waals surface area contributed by atoms with Crippen LogP contribution in [0.15, 0.2) is 17.1 Å². The summed E-state index contributed by atoms with van der Waals surface area (Å²) < 4.78 is 23.6. The van der Waals surface area contributed by atoms with E-state index in [1.807, 2.05) is 0 Å². The topological polar surface area (TPSA) is 47.9 Å². The van der Waals surface area contributed by atoms with Gasteiger partial charge in [0, 0.05) is 5.56 Å². The molecule has 1 aromatic carbocycles. The summed E-state index contributed by atoms with van der Waals surface area (Å²) in [7, 11) is 2.80. The van der Waals surface area contributed by atoms with E-state index >= 15 is 0 Å². The van der Waals surface area contributed by atoms with E-state index in [0.717, 1.165) is 12.8 Å². The Hall–Kier alpha value is -1.87. The summed E-state index contributed by atoms with van der Waals surface area (Å²) >= 11 is 0. The van der Waals surface area contributed by atoms with Gasteiger partial charge in [-0.3, -0.25) is 0 Å². The first-order valence-corrected chi connectivity index (χ1v) is 5.18. The summed E-state index contributed by atoms with van der Waals surface area (Å²) in [5, 5.41) is 0. The van der Waals surface area contributed by atoms with Crippen LogP contribution in [0.5, 0.6) is 11.5 Å². The van der Waals surface area contributed by atoms with E-state index < -0.39 is 11.4 Å². The first-order chi connectivity index (χ1) is 8.18. The molecule has 1 aliphatic carbocycles. The van der Waals surface area contributed by atoms with Gasteiger partial charge in [0.15, 0.2) is 17.3 Å². The Morgan fingerprint density at radius 2 is 1.94 bits per heavy atom. The summed E-state index contributed by atoms with van der Waals surface area (Å²) in [6.07, 6.45) is 3.02. The van der Waals surface area contributed by atoms with Crippen molar-refractivity contribution in [1.29, 1.82) is 0 Å². The third kappa shape index (κ3) is 1.78. The van der Waals surface area contributed by atoms with E-state index in [4.69, 9.17) is 9.47 Å². The van der Waals surface area contributed by atoms with Gasteiger partial charge in [0.25, 0.3) is 0 Å². The third-order valence-electron chi connectivity index (χ3n) is 2.96. The van der Waals surface area contributed by atoms with Gasteiger partial charge >= 0.3 is 0 Å². The Bertz CT molecular complexity index is 491. The minimum Gasteiger partial charge on any atom is -0.492 e. The monoisotopic (exact) mass is 237 g/mol. The summed E-state index contributed by atoms with van der Waals surface area (Å²) in [5.41, 5.74) is 0.0650. The lowest BCUT2D eigenvalue weighted by Gasteiger charge is -2.16. The molecule has 0 amide bonds. The van der Waals surface area contributed by atoms with Crippen molar-refractivity contribution in [3.05, 3.63) is 23.5 Å². The zero-order valence-electron chi connectivity index (χ0n) is 9.62. The average molecular weight is 237 g/mol.